The van der Waals surface area contributed by atoms with Crippen molar-refractivity contribution in [1.82, 2.24) is 9.47 Å². The Morgan fingerprint density at radius 3 is 2.63 bits per heavy atom. The first-order valence-corrected chi connectivity index (χ1v) is 6.61. The third-order valence-electron chi connectivity index (χ3n) is 4.22. The van der Waals surface area contributed by atoms with Gasteiger partial charge < -0.3 is 14.2 Å². The lowest BCUT2D eigenvalue weighted by atomic mass is 9.85. The van der Waals surface area contributed by atoms with Crippen LogP contribution in [0.2, 0.25) is 0 Å². The van der Waals surface area contributed by atoms with E-state index in [4.69, 9.17) is 4.74 Å². The van der Waals surface area contributed by atoms with Crippen LogP contribution < -0.4 is 4.74 Å². The molecule has 1 aliphatic carbocycles. The van der Waals surface area contributed by atoms with Gasteiger partial charge in [-0.3, -0.25) is 0 Å². The van der Waals surface area contributed by atoms with Crippen LogP contribution in [0, 0.1) is 5.82 Å². The molecule has 19 heavy (non-hydrogen) atoms. The number of hydrogen-bond acceptors (Lipinski definition) is 2. The zero-order valence-electron chi connectivity index (χ0n) is 11.6. The minimum Gasteiger partial charge on any atom is -0.494 e. The number of fused-ring (bicyclic) bond motifs is 1. The van der Waals surface area contributed by atoms with Crippen molar-refractivity contribution in [1.29, 1.82) is 0 Å². The number of rotatable bonds is 3. The van der Waals surface area contributed by atoms with Gasteiger partial charge in [0.2, 0.25) is 0 Å². The molecule has 0 radical (unpaired) electrons. The zero-order chi connectivity index (χ0) is 13.6. The molecule has 1 saturated carbocycles. The quantitative estimate of drug-likeness (QED) is 0.846. The molecule has 102 valence electrons. The van der Waals surface area contributed by atoms with Crippen LogP contribution in [0.4, 0.5) is 4.39 Å². The molecule has 4 heteroatoms. The number of aromatic nitrogens is 1. The van der Waals surface area contributed by atoms with Crippen molar-refractivity contribution < 1.29 is 9.13 Å². The molecule has 0 aliphatic heterocycles. The highest BCUT2D eigenvalue weighted by Crippen LogP contribution is 2.38. The Labute approximate surface area is 112 Å². The fourth-order valence-electron chi connectivity index (χ4n) is 2.86. The Bertz CT molecular complexity index is 599. The number of benzene rings is 1. The van der Waals surface area contributed by atoms with E-state index in [2.05, 4.69) is 23.6 Å². The van der Waals surface area contributed by atoms with Gasteiger partial charge in [-0.25, -0.2) is 4.39 Å². The van der Waals surface area contributed by atoms with Crippen LogP contribution in [0.5, 0.6) is 5.75 Å². The first-order valence-electron chi connectivity index (χ1n) is 6.61. The molecular formula is C15H19FN2O. The van der Waals surface area contributed by atoms with Crippen molar-refractivity contribution in [3.05, 3.63) is 30.2 Å². The van der Waals surface area contributed by atoms with Gasteiger partial charge in [-0.05, 0) is 45.1 Å². The summed E-state index contributed by atoms with van der Waals surface area (Å²) in [5.74, 6) is 0.0641. The summed E-state index contributed by atoms with van der Waals surface area (Å²) in [4.78, 5) is 2.24. The monoisotopic (exact) mass is 262 g/mol. The van der Waals surface area contributed by atoms with Gasteiger partial charge in [0.25, 0.3) is 0 Å². The standard InChI is InChI=1S/C15H19FN2O/c1-17(2)11-8-12(9-11)18-7-6-10-4-5-13(19-3)14(16)15(10)18/h4-7,11-12H,8-9H2,1-3H3. The Morgan fingerprint density at radius 1 is 1.26 bits per heavy atom. The van der Waals surface area contributed by atoms with E-state index in [9.17, 15) is 4.39 Å². The summed E-state index contributed by atoms with van der Waals surface area (Å²) in [6.07, 6.45) is 4.14. The minimum absolute atomic E-state index is 0.252. The molecule has 1 aromatic carbocycles. The van der Waals surface area contributed by atoms with Crippen molar-refractivity contribution in [2.45, 2.75) is 24.9 Å². The van der Waals surface area contributed by atoms with E-state index >= 15 is 0 Å². The van der Waals surface area contributed by atoms with E-state index in [-0.39, 0.29) is 5.82 Å². The van der Waals surface area contributed by atoms with E-state index in [0.717, 1.165) is 18.2 Å². The first-order chi connectivity index (χ1) is 9.11. The zero-order valence-corrected chi connectivity index (χ0v) is 11.6. The summed E-state index contributed by atoms with van der Waals surface area (Å²) in [5, 5.41) is 0.937. The molecule has 3 nitrogen and oxygen atoms in total. The molecule has 0 saturated heterocycles. The van der Waals surface area contributed by atoms with E-state index in [0.29, 0.717) is 23.3 Å². The molecule has 0 bridgehead atoms. The number of hydrogen-bond donors (Lipinski definition) is 0. The predicted octanol–water partition coefficient (Wildman–Crippen LogP) is 3.05. The second-order valence-corrected chi connectivity index (χ2v) is 5.49. The van der Waals surface area contributed by atoms with Gasteiger partial charge >= 0.3 is 0 Å². The lowest BCUT2D eigenvalue weighted by Gasteiger charge is -2.40. The highest BCUT2D eigenvalue weighted by molar-refractivity contribution is 5.82. The Morgan fingerprint density at radius 2 is 2.00 bits per heavy atom. The van der Waals surface area contributed by atoms with Crippen LogP contribution in [0.25, 0.3) is 10.9 Å². The van der Waals surface area contributed by atoms with E-state index < -0.39 is 0 Å². The highest BCUT2D eigenvalue weighted by Gasteiger charge is 2.32. The van der Waals surface area contributed by atoms with Crippen molar-refractivity contribution in [2.75, 3.05) is 21.2 Å². The summed E-state index contributed by atoms with van der Waals surface area (Å²) in [5.41, 5.74) is 0.668. The molecule has 0 N–H and O–H groups in total. The summed E-state index contributed by atoms with van der Waals surface area (Å²) < 4.78 is 21.5. The van der Waals surface area contributed by atoms with Gasteiger partial charge in [0.05, 0.1) is 12.6 Å². The molecule has 1 heterocycles. The van der Waals surface area contributed by atoms with Crippen molar-refractivity contribution in [3.63, 3.8) is 0 Å². The summed E-state index contributed by atoms with van der Waals surface area (Å²) in [7, 11) is 5.69. The third-order valence-corrected chi connectivity index (χ3v) is 4.22. The number of methoxy groups -OCH3 is 1. The van der Waals surface area contributed by atoms with Crippen LogP contribution >= 0.6 is 0 Å². The fourth-order valence-corrected chi connectivity index (χ4v) is 2.86. The maximum atomic E-state index is 14.4. The van der Waals surface area contributed by atoms with Gasteiger partial charge in [0.1, 0.15) is 0 Å². The second kappa shape index (κ2) is 4.53. The molecule has 1 aliphatic rings. The van der Waals surface area contributed by atoms with E-state index in [1.807, 2.05) is 18.3 Å². The maximum absolute atomic E-state index is 14.4. The minimum atomic E-state index is -0.252. The fraction of sp³-hybridized carbons (Fsp3) is 0.467. The Hall–Kier alpha value is -1.55. The SMILES string of the molecule is COc1ccc2ccn(C3CC(N(C)C)C3)c2c1F. The Balaban J connectivity index is 1.97. The summed E-state index contributed by atoms with van der Waals surface area (Å²) >= 11 is 0. The molecule has 3 rings (SSSR count). The normalized spacial score (nSPS) is 22.8. The topological polar surface area (TPSA) is 17.4 Å². The third kappa shape index (κ3) is 1.91. The molecule has 1 fully saturated rings. The molecule has 0 spiro atoms. The van der Waals surface area contributed by atoms with Gasteiger partial charge in [0, 0.05) is 23.7 Å². The molecule has 0 amide bonds. The smallest absolute Gasteiger partial charge is 0.189 e. The molecule has 1 aromatic heterocycles. The molecule has 2 aromatic rings. The maximum Gasteiger partial charge on any atom is 0.189 e. The largest absolute Gasteiger partial charge is 0.494 e. The molecule has 0 unspecified atom stereocenters. The van der Waals surface area contributed by atoms with Crippen LogP contribution in [0.15, 0.2) is 24.4 Å². The first kappa shape index (κ1) is 12.5. The van der Waals surface area contributed by atoms with Crippen molar-refractivity contribution in [3.8, 4) is 5.75 Å². The average Bonchev–Trinajstić information content (AvgIpc) is 2.72. The van der Waals surface area contributed by atoms with Crippen molar-refractivity contribution >= 4 is 10.9 Å². The highest BCUT2D eigenvalue weighted by atomic mass is 19.1. The van der Waals surface area contributed by atoms with E-state index in [1.54, 1.807) is 6.07 Å². The van der Waals surface area contributed by atoms with Crippen molar-refractivity contribution in [2.24, 2.45) is 0 Å². The van der Waals surface area contributed by atoms with E-state index in [1.165, 1.54) is 7.11 Å². The average molecular weight is 262 g/mol. The Kier molecular flexibility index (Phi) is 2.97. The van der Waals surface area contributed by atoms with Crippen LogP contribution in [0.1, 0.15) is 18.9 Å². The van der Waals surface area contributed by atoms with Gasteiger partial charge in [-0.2, -0.15) is 0 Å². The number of halogens is 1. The lowest BCUT2D eigenvalue weighted by Crippen LogP contribution is -2.41. The second-order valence-electron chi connectivity index (χ2n) is 5.49. The van der Waals surface area contributed by atoms with Crippen LogP contribution in [0.3, 0.4) is 0 Å². The molecule has 0 atom stereocenters. The summed E-state index contributed by atoms with van der Waals surface area (Å²) in [6.45, 7) is 0. The van der Waals surface area contributed by atoms with Gasteiger partial charge in [0.15, 0.2) is 11.6 Å². The number of ether oxygens (including phenoxy) is 1. The van der Waals surface area contributed by atoms with Crippen LogP contribution in [-0.2, 0) is 0 Å². The number of nitrogens with zero attached hydrogens (tertiary/aromatic N) is 2. The van der Waals surface area contributed by atoms with Gasteiger partial charge in [-0.1, -0.05) is 0 Å². The van der Waals surface area contributed by atoms with Crippen LogP contribution in [-0.4, -0.2) is 36.7 Å². The predicted molar refractivity (Wildman–Crippen MR) is 74.2 cm³/mol. The lowest BCUT2D eigenvalue weighted by molar-refractivity contribution is 0.131. The molecular weight excluding hydrogens is 243 g/mol. The summed E-state index contributed by atoms with van der Waals surface area (Å²) in [6, 6.07) is 6.57. The van der Waals surface area contributed by atoms with Gasteiger partial charge in [-0.15, -0.1) is 0 Å².